The van der Waals surface area contributed by atoms with Crippen LogP contribution in [0.25, 0.3) is 28.1 Å². The summed E-state index contributed by atoms with van der Waals surface area (Å²) in [5, 5.41) is 9.17. The molecular formula is C22H15ClF3N3O2S. The minimum atomic E-state index is -4.63. The van der Waals surface area contributed by atoms with Crippen LogP contribution in [0, 0.1) is 0 Å². The van der Waals surface area contributed by atoms with Gasteiger partial charge in [-0.15, -0.1) is 0 Å². The van der Waals surface area contributed by atoms with Gasteiger partial charge in [-0.05, 0) is 41.5 Å². The minimum Gasteiger partial charge on any atom is -0.231 e. The van der Waals surface area contributed by atoms with Crippen LogP contribution >= 0.6 is 11.6 Å². The van der Waals surface area contributed by atoms with E-state index in [9.17, 15) is 21.6 Å². The zero-order valence-electron chi connectivity index (χ0n) is 16.2. The third kappa shape index (κ3) is 4.40. The van der Waals surface area contributed by atoms with E-state index in [0.29, 0.717) is 22.4 Å². The van der Waals surface area contributed by atoms with E-state index in [0.717, 1.165) is 10.7 Å². The lowest BCUT2D eigenvalue weighted by Crippen LogP contribution is -2.11. The molecule has 0 atom stereocenters. The molecule has 0 unspecified atom stereocenters. The predicted molar refractivity (Wildman–Crippen MR) is 116 cm³/mol. The number of rotatable bonds is 4. The normalized spacial score (nSPS) is 12.2. The quantitative estimate of drug-likeness (QED) is 0.420. The van der Waals surface area contributed by atoms with Crippen LogP contribution in [0.3, 0.4) is 0 Å². The Morgan fingerprint density at radius 3 is 2.12 bits per heavy atom. The van der Waals surface area contributed by atoms with Gasteiger partial charge < -0.3 is 0 Å². The Balaban J connectivity index is 1.80. The zero-order chi connectivity index (χ0) is 23.1. The Labute approximate surface area is 186 Å². The Morgan fingerprint density at radius 1 is 0.844 bits per heavy atom. The molecule has 0 spiro atoms. The number of aromatic nitrogens is 2. The highest BCUT2D eigenvalue weighted by molar-refractivity contribution is 7.89. The summed E-state index contributed by atoms with van der Waals surface area (Å²) in [5.41, 5.74) is 1.20. The molecule has 4 aromatic rings. The SMILES string of the molecule is NS(=O)(=O)c1cccc(-c2ccc(-c3cc(C(F)(F)F)nn3-c3ccccc3Cl)cc2)c1. The van der Waals surface area contributed by atoms with Crippen LogP contribution in [0.4, 0.5) is 13.2 Å². The molecule has 3 aromatic carbocycles. The van der Waals surface area contributed by atoms with Crippen LogP contribution in [-0.2, 0) is 16.2 Å². The zero-order valence-corrected chi connectivity index (χ0v) is 17.8. The second-order valence-corrected chi connectivity index (χ2v) is 8.89. The maximum absolute atomic E-state index is 13.4. The molecule has 0 saturated carbocycles. The lowest BCUT2D eigenvalue weighted by molar-refractivity contribution is -0.141. The number of primary sulfonamides is 1. The third-order valence-electron chi connectivity index (χ3n) is 4.76. The van der Waals surface area contributed by atoms with Gasteiger partial charge in [0.25, 0.3) is 0 Å². The standard InChI is InChI=1S/C22H15ClF3N3O2S/c23-18-6-1-2-7-19(18)29-20(13-21(28-29)22(24,25)26)15-10-8-14(9-11-15)16-4-3-5-17(12-16)32(27,30)31/h1-13H,(H2,27,30,31). The van der Waals surface area contributed by atoms with Gasteiger partial charge in [0.1, 0.15) is 0 Å². The first-order valence-electron chi connectivity index (χ1n) is 9.20. The molecule has 0 aliphatic rings. The number of alkyl halides is 3. The maximum Gasteiger partial charge on any atom is 0.435 e. The lowest BCUT2D eigenvalue weighted by atomic mass is 10.0. The Bertz CT molecular complexity index is 1400. The fourth-order valence-electron chi connectivity index (χ4n) is 3.22. The molecule has 2 N–H and O–H groups in total. The molecule has 0 radical (unpaired) electrons. The van der Waals surface area contributed by atoms with E-state index in [1.54, 1.807) is 60.7 Å². The van der Waals surface area contributed by atoms with E-state index in [4.69, 9.17) is 16.7 Å². The van der Waals surface area contributed by atoms with Crippen LogP contribution in [0.1, 0.15) is 5.69 Å². The molecule has 10 heteroatoms. The number of nitrogens with zero attached hydrogens (tertiary/aromatic N) is 2. The van der Waals surface area contributed by atoms with Crippen molar-refractivity contribution in [2.24, 2.45) is 5.14 Å². The maximum atomic E-state index is 13.4. The predicted octanol–water partition coefficient (Wildman–Crippen LogP) is 5.53. The van der Waals surface area contributed by atoms with E-state index in [1.165, 1.54) is 12.1 Å². The number of halogens is 4. The van der Waals surface area contributed by atoms with Crippen molar-refractivity contribution in [2.75, 3.05) is 0 Å². The number of para-hydroxylation sites is 1. The number of hydrogen-bond acceptors (Lipinski definition) is 3. The minimum absolute atomic E-state index is 0.0364. The largest absolute Gasteiger partial charge is 0.435 e. The third-order valence-corrected chi connectivity index (χ3v) is 5.99. The van der Waals surface area contributed by atoms with Crippen molar-refractivity contribution in [3.8, 4) is 28.1 Å². The molecule has 1 aromatic heterocycles. The molecule has 32 heavy (non-hydrogen) atoms. The van der Waals surface area contributed by atoms with Crippen LogP contribution in [0.5, 0.6) is 0 Å². The molecule has 0 aliphatic carbocycles. The van der Waals surface area contributed by atoms with E-state index in [-0.39, 0.29) is 15.6 Å². The molecule has 4 rings (SSSR count). The van der Waals surface area contributed by atoms with Crippen molar-refractivity contribution in [3.05, 3.63) is 89.6 Å². The molecule has 0 bridgehead atoms. The van der Waals surface area contributed by atoms with Gasteiger partial charge >= 0.3 is 6.18 Å². The number of nitrogens with two attached hydrogens (primary N) is 1. The van der Waals surface area contributed by atoms with Gasteiger partial charge in [0.15, 0.2) is 5.69 Å². The van der Waals surface area contributed by atoms with Crippen molar-refractivity contribution >= 4 is 21.6 Å². The van der Waals surface area contributed by atoms with Crippen molar-refractivity contribution in [1.29, 1.82) is 0 Å². The first-order chi connectivity index (χ1) is 15.0. The molecule has 164 valence electrons. The topological polar surface area (TPSA) is 78.0 Å². The summed E-state index contributed by atoms with van der Waals surface area (Å²) in [4.78, 5) is -0.0364. The monoisotopic (exact) mass is 477 g/mol. The van der Waals surface area contributed by atoms with Crippen LogP contribution < -0.4 is 5.14 Å². The van der Waals surface area contributed by atoms with Crippen molar-refractivity contribution in [3.63, 3.8) is 0 Å². The summed E-state index contributed by atoms with van der Waals surface area (Å²) < 4.78 is 64.5. The summed E-state index contributed by atoms with van der Waals surface area (Å²) in [7, 11) is -3.87. The van der Waals surface area contributed by atoms with Crippen LogP contribution in [-0.4, -0.2) is 18.2 Å². The van der Waals surface area contributed by atoms with Gasteiger partial charge in [0, 0.05) is 5.56 Å². The van der Waals surface area contributed by atoms with Crippen LogP contribution in [0.15, 0.2) is 83.8 Å². The summed E-state index contributed by atoms with van der Waals surface area (Å²) in [6, 6.07) is 20.1. The second kappa shape index (κ2) is 8.09. The summed E-state index contributed by atoms with van der Waals surface area (Å²) >= 11 is 6.20. The summed E-state index contributed by atoms with van der Waals surface area (Å²) in [6.45, 7) is 0. The molecule has 0 saturated heterocycles. The smallest absolute Gasteiger partial charge is 0.231 e. The van der Waals surface area contributed by atoms with Gasteiger partial charge in [0.05, 0.1) is 21.3 Å². The van der Waals surface area contributed by atoms with Crippen molar-refractivity contribution < 1.29 is 21.6 Å². The average Bonchev–Trinajstić information content (AvgIpc) is 3.19. The number of hydrogen-bond donors (Lipinski definition) is 1. The molecule has 5 nitrogen and oxygen atoms in total. The van der Waals surface area contributed by atoms with Gasteiger partial charge in [-0.2, -0.15) is 18.3 Å². The van der Waals surface area contributed by atoms with Crippen molar-refractivity contribution in [2.45, 2.75) is 11.1 Å². The van der Waals surface area contributed by atoms with Gasteiger partial charge in [-0.3, -0.25) is 0 Å². The number of benzene rings is 3. The second-order valence-electron chi connectivity index (χ2n) is 6.93. The van der Waals surface area contributed by atoms with Crippen LogP contribution in [0.2, 0.25) is 5.02 Å². The molecular weight excluding hydrogens is 463 g/mol. The average molecular weight is 478 g/mol. The van der Waals surface area contributed by atoms with Crippen molar-refractivity contribution in [1.82, 2.24) is 9.78 Å². The molecule has 1 heterocycles. The summed E-state index contributed by atoms with van der Waals surface area (Å²) in [6.07, 6.45) is -4.63. The highest BCUT2D eigenvalue weighted by atomic mass is 35.5. The van der Waals surface area contributed by atoms with E-state index < -0.39 is 21.9 Å². The highest BCUT2D eigenvalue weighted by Gasteiger charge is 2.35. The molecule has 0 amide bonds. The van der Waals surface area contributed by atoms with Gasteiger partial charge in [0.2, 0.25) is 10.0 Å². The first kappa shape index (κ1) is 22.1. The molecule has 0 fully saturated rings. The van der Waals surface area contributed by atoms with E-state index >= 15 is 0 Å². The highest BCUT2D eigenvalue weighted by Crippen LogP contribution is 2.35. The lowest BCUT2D eigenvalue weighted by Gasteiger charge is -2.10. The molecule has 0 aliphatic heterocycles. The fraction of sp³-hybridized carbons (Fsp3) is 0.0455. The first-order valence-corrected chi connectivity index (χ1v) is 11.1. The Morgan fingerprint density at radius 2 is 1.50 bits per heavy atom. The Kier molecular flexibility index (Phi) is 5.58. The summed E-state index contributed by atoms with van der Waals surface area (Å²) in [5.74, 6) is 0. The van der Waals surface area contributed by atoms with Gasteiger partial charge in [-0.25, -0.2) is 18.2 Å². The fourth-order valence-corrected chi connectivity index (χ4v) is 3.99. The van der Waals surface area contributed by atoms with Gasteiger partial charge in [-0.1, -0.05) is 60.1 Å². The van der Waals surface area contributed by atoms with E-state index in [2.05, 4.69) is 5.10 Å². The number of sulfonamides is 1. The van der Waals surface area contributed by atoms with E-state index in [1.807, 2.05) is 0 Å². The Hall–Kier alpha value is -3.14.